The lowest BCUT2D eigenvalue weighted by Gasteiger charge is -2.33. The molecule has 66 valence electrons. The highest BCUT2D eigenvalue weighted by molar-refractivity contribution is 4.79. The zero-order valence-corrected chi connectivity index (χ0v) is 7.64. The van der Waals surface area contributed by atoms with Crippen molar-refractivity contribution in [1.29, 1.82) is 0 Å². The van der Waals surface area contributed by atoms with Crippen molar-refractivity contribution in [3.63, 3.8) is 0 Å². The Balaban J connectivity index is 0.000000461. The Kier molecular flexibility index (Phi) is 4.38. The molecule has 11 heavy (non-hydrogen) atoms. The number of likely N-dealkylation sites (tertiary alicyclic amines) is 1. The minimum Gasteiger partial charge on any atom is -0.390 e. The van der Waals surface area contributed by atoms with E-state index in [9.17, 15) is 5.11 Å². The fraction of sp³-hybridized carbons (Fsp3) is 0.778. The lowest BCUT2D eigenvalue weighted by molar-refractivity contribution is 0.00100. The van der Waals surface area contributed by atoms with Crippen molar-refractivity contribution < 1.29 is 5.11 Å². The van der Waals surface area contributed by atoms with Gasteiger partial charge in [0.15, 0.2) is 0 Å². The molecular formula is C9H19NO. The van der Waals surface area contributed by atoms with Crippen molar-refractivity contribution in [2.45, 2.75) is 25.4 Å². The van der Waals surface area contributed by atoms with Crippen LogP contribution in [0.15, 0.2) is 13.2 Å². The molecule has 0 aromatic heterocycles. The maximum Gasteiger partial charge on any atom is 0.0644 e. The fourth-order valence-corrected chi connectivity index (χ4v) is 1.10. The van der Waals surface area contributed by atoms with Gasteiger partial charge in [0.05, 0.1) is 5.60 Å². The summed E-state index contributed by atoms with van der Waals surface area (Å²) >= 11 is 0. The van der Waals surface area contributed by atoms with Crippen LogP contribution in [0.3, 0.4) is 0 Å². The molecule has 0 aliphatic carbocycles. The van der Waals surface area contributed by atoms with Crippen LogP contribution in [0.1, 0.15) is 19.8 Å². The molecule has 0 aromatic carbocycles. The molecule has 1 saturated heterocycles. The normalized spacial score (nSPS) is 23.5. The number of rotatable bonds is 0. The van der Waals surface area contributed by atoms with Crippen molar-refractivity contribution in [3.8, 4) is 0 Å². The van der Waals surface area contributed by atoms with Gasteiger partial charge < -0.3 is 10.0 Å². The first-order chi connectivity index (χ1) is 5.10. The van der Waals surface area contributed by atoms with Crippen LogP contribution < -0.4 is 0 Å². The molecule has 0 saturated carbocycles. The second-order valence-corrected chi connectivity index (χ2v) is 3.30. The molecule has 1 heterocycles. The Morgan fingerprint density at radius 1 is 1.27 bits per heavy atom. The van der Waals surface area contributed by atoms with Gasteiger partial charge in [-0.2, -0.15) is 0 Å². The van der Waals surface area contributed by atoms with E-state index in [1.54, 1.807) is 0 Å². The van der Waals surface area contributed by atoms with Crippen molar-refractivity contribution >= 4 is 0 Å². The zero-order chi connectivity index (χ0) is 8.91. The van der Waals surface area contributed by atoms with Crippen LogP contribution in [0.2, 0.25) is 0 Å². The molecule has 0 radical (unpaired) electrons. The third-order valence-corrected chi connectivity index (χ3v) is 2.06. The van der Waals surface area contributed by atoms with Crippen molar-refractivity contribution in [2.24, 2.45) is 0 Å². The van der Waals surface area contributed by atoms with Crippen LogP contribution in [0.5, 0.6) is 0 Å². The Bertz CT molecular complexity index is 102. The maximum atomic E-state index is 9.47. The van der Waals surface area contributed by atoms with E-state index in [2.05, 4.69) is 25.1 Å². The molecule has 1 N–H and O–H groups in total. The predicted molar refractivity (Wildman–Crippen MR) is 48.6 cm³/mol. The van der Waals surface area contributed by atoms with Gasteiger partial charge >= 0.3 is 0 Å². The number of nitrogens with zero attached hydrogens (tertiary/aromatic N) is 1. The summed E-state index contributed by atoms with van der Waals surface area (Å²) in [5, 5.41) is 9.47. The maximum absolute atomic E-state index is 9.47. The molecule has 2 heteroatoms. The molecular weight excluding hydrogens is 138 g/mol. The van der Waals surface area contributed by atoms with Gasteiger partial charge in [0.1, 0.15) is 0 Å². The third-order valence-electron chi connectivity index (χ3n) is 2.06. The van der Waals surface area contributed by atoms with Crippen molar-refractivity contribution in [3.05, 3.63) is 13.2 Å². The van der Waals surface area contributed by atoms with Crippen LogP contribution in [0, 0.1) is 0 Å². The number of aliphatic hydroxyl groups is 1. The van der Waals surface area contributed by atoms with Crippen molar-refractivity contribution in [2.75, 3.05) is 20.1 Å². The van der Waals surface area contributed by atoms with E-state index in [0.29, 0.717) is 0 Å². The average Bonchev–Trinajstić information content (AvgIpc) is 2.00. The smallest absolute Gasteiger partial charge is 0.0644 e. The summed E-state index contributed by atoms with van der Waals surface area (Å²) < 4.78 is 0. The van der Waals surface area contributed by atoms with Gasteiger partial charge in [-0.1, -0.05) is 0 Å². The van der Waals surface area contributed by atoms with Gasteiger partial charge in [-0.05, 0) is 26.8 Å². The van der Waals surface area contributed by atoms with Gasteiger partial charge in [-0.15, -0.1) is 13.2 Å². The lowest BCUT2D eigenvalue weighted by Crippen LogP contribution is -2.40. The molecule has 1 rings (SSSR count). The van der Waals surface area contributed by atoms with E-state index >= 15 is 0 Å². The summed E-state index contributed by atoms with van der Waals surface area (Å²) in [5.74, 6) is 0. The molecule has 1 aliphatic rings. The molecule has 0 bridgehead atoms. The fourth-order valence-electron chi connectivity index (χ4n) is 1.10. The summed E-state index contributed by atoms with van der Waals surface area (Å²) in [6.45, 7) is 9.99. The van der Waals surface area contributed by atoms with Gasteiger partial charge in [-0.25, -0.2) is 0 Å². The Morgan fingerprint density at radius 2 is 1.64 bits per heavy atom. The van der Waals surface area contributed by atoms with E-state index in [4.69, 9.17) is 0 Å². The molecule has 0 aromatic rings. The lowest BCUT2D eigenvalue weighted by atomic mass is 9.94. The minimum absolute atomic E-state index is 0.382. The molecule has 1 aliphatic heterocycles. The van der Waals surface area contributed by atoms with E-state index in [1.165, 1.54) is 0 Å². The van der Waals surface area contributed by atoms with Crippen LogP contribution in [-0.4, -0.2) is 35.7 Å². The van der Waals surface area contributed by atoms with Crippen LogP contribution in [0.25, 0.3) is 0 Å². The number of hydrogen-bond donors (Lipinski definition) is 1. The van der Waals surface area contributed by atoms with E-state index in [-0.39, 0.29) is 5.60 Å². The molecule has 0 atom stereocenters. The second-order valence-electron chi connectivity index (χ2n) is 3.30. The first-order valence-corrected chi connectivity index (χ1v) is 4.01. The van der Waals surface area contributed by atoms with Gasteiger partial charge in [-0.3, -0.25) is 0 Å². The second kappa shape index (κ2) is 4.52. The summed E-state index contributed by atoms with van der Waals surface area (Å²) in [4.78, 5) is 2.25. The Hall–Kier alpha value is -0.340. The van der Waals surface area contributed by atoms with Crippen LogP contribution in [-0.2, 0) is 0 Å². The molecule has 0 unspecified atom stereocenters. The summed E-state index contributed by atoms with van der Waals surface area (Å²) in [6.07, 6.45) is 1.84. The Labute approximate surface area is 69.5 Å². The SMILES string of the molecule is C=C.CN1CCC(C)(O)CC1. The minimum atomic E-state index is -0.382. The highest BCUT2D eigenvalue weighted by Gasteiger charge is 2.24. The van der Waals surface area contributed by atoms with E-state index < -0.39 is 0 Å². The molecule has 1 fully saturated rings. The molecule has 0 spiro atoms. The van der Waals surface area contributed by atoms with Gasteiger partial charge in [0.25, 0.3) is 0 Å². The topological polar surface area (TPSA) is 23.5 Å². The Morgan fingerprint density at radius 3 is 1.91 bits per heavy atom. The number of piperidine rings is 1. The average molecular weight is 157 g/mol. The summed E-state index contributed by atoms with van der Waals surface area (Å²) in [7, 11) is 2.09. The predicted octanol–water partition coefficient (Wildman–Crippen LogP) is 1.27. The largest absolute Gasteiger partial charge is 0.390 e. The van der Waals surface area contributed by atoms with E-state index in [0.717, 1.165) is 25.9 Å². The molecule has 0 amide bonds. The third kappa shape index (κ3) is 4.17. The first kappa shape index (κ1) is 10.7. The quantitative estimate of drug-likeness (QED) is 0.535. The van der Waals surface area contributed by atoms with Gasteiger partial charge in [0.2, 0.25) is 0 Å². The van der Waals surface area contributed by atoms with E-state index in [1.807, 2.05) is 6.92 Å². The van der Waals surface area contributed by atoms with Crippen LogP contribution in [0.4, 0.5) is 0 Å². The van der Waals surface area contributed by atoms with Crippen LogP contribution >= 0.6 is 0 Å². The highest BCUT2D eigenvalue weighted by atomic mass is 16.3. The first-order valence-electron chi connectivity index (χ1n) is 4.01. The standard InChI is InChI=1S/C7H15NO.C2H4/c1-7(9)3-5-8(2)6-4-7;1-2/h9H,3-6H2,1-2H3;1-2H2. The zero-order valence-electron chi connectivity index (χ0n) is 7.64. The van der Waals surface area contributed by atoms with Crippen molar-refractivity contribution in [1.82, 2.24) is 4.90 Å². The highest BCUT2D eigenvalue weighted by Crippen LogP contribution is 2.19. The number of hydrogen-bond acceptors (Lipinski definition) is 2. The monoisotopic (exact) mass is 157 g/mol. The van der Waals surface area contributed by atoms with Gasteiger partial charge in [0, 0.05) is 13.1 Å². The summed E-state index contributed by atoms with van der Waals surface area (Å²) in [6, 6.07) is 0. The summed E-state index contributed by atoms with van der Waals surface area (Å²) in [5.41, 5.74) is -0.382. The molecule has 2 nitrogen and oxygen atoms in total.